The molecule has 1 saturated heterocycles. The van der Waals surface area contributed by atoms with Gasteiger partial charge in [-0.2, -0.15) is 0 Å². The van der Waals surface area contributed by atoms with Crippen LogP contribution in [0.3, 0.4) is 0 Å². The zero-order valence-electron chi connectivity index (χ0n) is 11.0. The summed E-state index contributed by atoms with van der Waals surface area (Å²) in [6.45, 7) is 5.25. The molecule has 0 radical (unpaired) electrons. The molecular weight excluding hydrogens is 285 g/mol. The molecule has 0 bridgehead atoms. The van der Waals surface area contributed by atoms with Gasteiger partial charge in [-0.15, -0.1) is 0 Å². The highest BCUT2D eigenvalue weighted by Gasteiger charge is 2.27. The topological polar surface area (TPSA) is 30.5 Å². The molecule has 1 unspecified atom stereocenters. The van der Waals surface area contributed by atoms with Crippen LogP contribution >= 0.6 is 23.2 Å². The maximum Gasteiger partial charge on any atom is 0.138 e. The predicted molar refractivity (Wildman–Crippen MR) is 78.3 cm³/mol. The van der Waals surface area contributed by atoms with Crippen LogP contribution in [0.25, 0.3) is 0 Å². The smallest absolute Gasteiger partial charge is 0.138 e. The van der Waals surface area contributed by atoms with Crippen molar-refractivity contribution in [3.63, 3.8) is 0 Å². The number of hydrogen-bond donors (Lipinski definition) is 1. The van der Waals surface area contributed by atoms with Crippen LogP contribution in [0.5, 0.6) is 5.75 Å². The minimum Gasteiger partial charge on any atom is -0.486 e. The average Bonchev–Trinajstić information content (AvgIpc) is 2.90. The van der Waals surface area contributed by atoms with Crippen molar-refractivity contribution in [2.75, 3.05) is 26.3 Å². The molecule has 3 nitrogen and oxygen atoms in total. The number of ether oxygens (including phenoxy) is 2. The molecule has 2 rings (SSSR count). The van der Waals surface area contributed by atoms with Crippen molar-refractivity contribution in [1.82, 2.24) is 5.32 Å². The van der Waals surface area contributed by atoms with Crippen LogP contribution in [-0.2, 0) is 4.74 Å². The third-order valence-electron chi connectivity index (χ3n) is 3.28. The van der Waals surface area contributed by atoms with E-state index in [0.29, 0.717) is 34.9 Å². The van der Waals surface area contributed by atoms with E-state index >= 15 is 0 Å². The van der Waals surface area contributed by atoms with Crippen LogP contribution in [0.15, 0.2) is 18.2 Å². The van der Waals surface area contributed by atoms with Gasteiger partial charge >= 0.3 is 0 Å². The summed E-state index contributed by atoms with van der Waals surface area (Å²) in [5.74, 6) is 1.13. The van der Waals surface area contributed by atoms with E-state index in [0.717, 1.165) is 19.5 Å². The van der Waals surface area contributed by atoms with Gasteiger partial charge in [0.25, 0.3) is 0 Å². The van der Waals surface area contributed by atoms with Crippen LogP contribution in [0.2, 0.25) is 10.0 Å². The molecule has 1 aliphatic rings. The summed E-state index contributed by atoms with van der Waals surface area (Å²) < 4.78 is 11.6. The van der Waals surface area contributed by atoms with Crippen molar-refractivity contribution in [1.29, 1.82) is 0 Å². The summed E-state index contributed by atoms with van der Waals surface area (Å²) in [5, 5.41) is 4.50. The highest BCUT2D eigenvalue weighted by molar-refractivity contribution is 6.35. The third kappa shape index (κ3) is 4.25. The lowest BCUT2D eigenvalue weighted by Gasteiger charge is -2.24. The van der Waals surface area contributed by atoms with E-state index in [1.807, 2.05) is 13.0 Å². The Labute approximate surface area is 124 Å². The van der Waals surface area contributed by atoms with Crippen molar-refractivity contribution >= 4 is 23.2 Å². The second kappa shape index (κ2) is 7.34. The molecule has 1 aromatic carbocycles. The van der Waals surface area contributed by atoms with E-state index in [1.54, 1.807) is 12.1 Å². The Morgan fingerprint density at radius 3 is 2.89 bits per heavy atom. The molecule has 1 heterocycles. The van der Waals surface area contributed by atoms with Gasteiger partial charge in [0.1, 0.15) is 11.9 Å². The summed E-state index contributed by atoms with van der Waals surface area (Å²) in [5.41, 5.74) is 0. The molecule has 0 spiro atoms. The first-order valence-electron chi connectivity index (χ1n) is 6.61. The second-order valence-corrected chi connectivity index (χ2v) is 5.49. The first-order chi connectivity index (χ1) is 9.20. The molecule has 1 fully saturated rings. The van der Waals surface area contributed by atoms with Gasteiger partial charge < -0.3 is 14.8 Å². The molecule has 106 valence electrons. The van der Waals surface area contributed by atoms with Crippen LogP contribution in [0.1, 0.15) is 13.3 Å². The molecular formula is C14H19Cl2NO2. The molecule has 1 N–H and O–H groups in total. The standard InChI is InChI=1S/C14H19Cl2NO2/c1-2-18-9-14(10-5-6-17-8-10)19-13-4-3-11(15)7-12(13)16/h3-4,7,10,14,17H,2,5-6,8-9H2,1H3/t10?,14-/m1/s1. The summed E-state index contributed by atoms with van der Waals surface area (Å²) in [6.07, 6.45) is 1.12. The van der Waals surface area contributed by atoms with Gasteiger partial charge in [-0.25, -0.2) is 0 Å². The molecule has 1 aromatic rings. The maximum atomic E-state index is 6.15. The quantitative estimate of drug-likeness (QED) is 0.874. The lowest BCUT2D eigenvalue weighted by molar-refractivity contribution is 0.0292. The number of nitrogens with one attached hydrogen (secondary N) is 1. The Hall–Kier alpha value is -0.480. The Morgan fingerprint density at radius 2 is 2.26 bits per heavy atom. The van der Waals surface area contributed by atoms with Crippen molar-refractivity contribution in [3.8, 4) is 5.75 Å². The van der Waals surface area contributed by atoms with E-state index in [9.17, 15) is 0 Å². The zero-order valence-corrected chi connectivity index (χ0v) is 12.5. The number of halogens is 2. The summed E-state index contributed by atoms with van der Waals surface area (Å²) >= 11 is 12.0. The van der Waals surface area contributed by atoms with Crippen LogP contribution < -0.4 is 10.1 Å². The van der Waals surface area contributed by atoms with E-state index in [4.69, 9.17) is 32.7 Å². The third-order valence-corrected chi connectivity index (χ3v) is 3.81. The highest BCUT2D eigenvalue weighted by atomic mass is 35.5. The van der Waals surface area contributed by atoms with E-state index in [2.05, 4.69) is 5.32 Å². The van der Waals surface area contributed by atoms with Gasteiger partial charge in [-0.3, -0.25) is 0 Å². The fourth-order valence-corrected chi connectivity index (χ4v) is 2.68. The Morgan fingerprint density at radius 1 is 1.42 bits per heavy atom. The molecule has 1 aliphatic heterocycles. The van der Waals surface area contributed by atoms with E-state index in [1.165, 1.54) is 0 Å². The second-order valence-electron chi connectivity index (χ2n) is 4.64. The van der Waals surface area contributed by atoms with E-state index in [-0.39, 0.29) is 6.10 Å². The molecule has 2 atom stereocenters. The fraction of sp³-hybridized carbons (Fsp3) is 0.571. The van der Waals surface area contributed by atoms with Gasteiger partial charge in [0.15, 0.2) is 0 Å². The van der Waals surface area contributed by atoms with Crippen LogP contribution in [0, 0.1) is 5.92 Å². The lowest BCUT2D eigenvalue weighted by atomic mass is 10.0. The molecule has 0 amide bonds. The van der Waals surface area contributed by atoms with Gasteiger partial charge in [-0.1, -0.05) is 23.2 Å². The molecule has 0 saturated carbocycles. The van der Waals surface area contributed by atoms with E-state index < -0.39 is 0 Å². The average molecular weight is 304 g/mol. The first-order valence-corrected chi connectivity index (χ1v) is 7.36. The first kappa shape index (κ1) is 14.9. The summed E-state index contributed by atoms with van der Waals surface area (Å²) in [4.78, 5) is 0. The molecule has 5 heteroatoms. The Balaban J connectivity index is 2.05. The normalized spacial score (nSPS) is 20.5. The van der Waals surface area contributed by atoms with Crippen molar-refractivity contribution < 1.29 is 9.47 Å². The zero-order chi connectivity index (χ0) is 13.7. The highest BCUT2D eigenvalue weighted by Crippen LogP contribution is 2.30. The number of benzene rings is 1. The van der Waals surface area contributed by atoms with Crippen LogP contribution in [-0.4, -0.2) is 32.4 Å². The van der Waals surface area contributed by atoms with Crippen molar-refractivity contribution in [3.05, 3.63) is 28.2 Å². The van der Waals surface area contributed by atoms with Gasteiger partial charge in [-0.05, 0) is 38.1 Å². The largest absolute Gasteiger partial charge is 0.486 e. The Bertz CT molecular complexity index is 408. The predicted octanol–water partition coefficient (Wildman–Crippen LogP) is 3.39. The lowest BCUT2D eigenvalue weighted by Crippen LogP contribution is -2.33. The maximum absolute atomic E-state index is 6.15. The van der Waals surface area contributed by atoms with Crippen molar-refractivity contribution in [2.24, 2.45) is 5.92 Å². The summed E-state index contributed by atoms with van der Waals surface area (Å²) in [6, 6.07) is 5.29. The van der Waals surface area contributed by atoms with Gasteiger partial charge in [0, 0.05) is 24.1 Å². The molecule has 0 aromatic heterocycles. The number of hydrogen-bond acceptors (Lipinski definition) is 3. The van der Waals surface area contributed by atoms with Crippen LogP contribution in [0.4, 0.5) is 0 Å². The fourth-order valence-electron chi connectivity index (χ4n) is 2.23. The van der Waals surface area contributed by atoms with Gasteiger partial charge in [0.2, 0.25) is 0 Å². The van der Waals surface area contributed by atoms with Crippen molar-refractivity contribution in [2.45, 2.75) is 19.4 Å². The minimum atomic E-state index is 0.0219. The monoisotopic (exact) mass is 303 g/mol. The minimum absolute atomic E-state index is 0.0219. The number of rotatable bonds is 6. The Kier molecular flexibility index (Phi) is 5.76. The van der Waals surface area contributed by atoms with Gasteiger partial charge in [0.05, 0.1) is 11.6 Å². The summed E-state index contributed by atoms with van der Waals surface area (Å²) in [7, 11) is 0. The SMILES string of the molecule is CCOC[C@@H](Oc1ccc(Cl)cc1Cl)C1CCNC1. The molecule has 19 heavy (non-hydrogen) atoms. The molecule has 0 aliphatic carbocycles.